The van der Waals surface area contributed by atoms with Crippen LogP contribution in [0.4, 0.5) is 5.82 Å². The summed E-state index contributed by atoms with van der Waals surface area (Å²) in [5.74, 6) is 0.559. The number of nitrogen functional groups attached to an aromatic ring is 1. The number of carbonyl (C=O) groups excluding carboxylic acids is 2. The van der Waals surface area contributed by atoms with Gasteiger partial charge in [-0.25, -0.2) is 9.50 Å². The van der Waals surface area contributed by atoms with Gasteiger partial charge in [0.25, 0.3) is 11.8 Å². The van der Waals surface area contributed by atoms with Gasteiger partial charge in [-0.1, -0.05) is 0 Å². The summed E-state index contributed by atoms with van der Waals surface area (Å²) in [4.78, 5) is 33.2. The third-order valence-corrected chi connectivity index (χ3v) is 8.46. The topological polar surface area (TPSA) is 126 Å². The number of hydrogen-bond donors (Lipinski definition) is 3. The van der Waals surface area contributed by atoms with E-state index in [9.17, 15) is 14.7 Å². The number of nitrogens with one attached hydrogen (secondary N) is 1. The molecule has 1 unspecified atom stereocenters. The molecule has 2 aromatic heterocycles. The van der Waals surface area contributed by atoms with E-state index in [2.05, 4.69) is 17.3 Å². The van der Waals surface area contributed by atoms with Crippen LogP contribution in [0.25, 0.3) is 16.9 Å². The zero-order valence-corrected chi connectivity index (χ0v) is 21.6. The van der Waals surface area contributed by atoms with Crippen LogP contribution in [0.2, 0.25) is 0 Å². The number of nitrogens with zero attached hydrogens (tertiary/aromatic N) is 4. The fourth-order valence-corrected chi connectivity index (χ4v) is 5.97. The molecule has 3 aromatic rings. The highest BCUT2D eigenvalue weighted by atomic mass is 16.3. The quantitative estimate of drug-likeness (QED) is 0.491. The fourth-order valence-electron chi connectivity index (χ4n) is 5.97. The van der Waals surface area contributed by atoms with Gasteiger partial charge in [0.15, 0.2) is 11.5 Å². The van der Waals surface area contributed by atoms with Crippen LogP contribution >= 0.6 is 0 Å². The predicted molar refractivity (Wildman–Crippen MR) is 140 cm³/mol. The molecular formula is C28H34N6O3. The summed E-state index contributed by atoms with van der Waals surface area (Å²) in [5, 5.41) is 17.6. The summed E-state index contributed by atoms with van der Waals surface area (Å²) < 4.78 is 1.53. The zero-order valence-electron chi connectivity index (χ0n) is 21.6. The van der Waals surface area contributed by atoms with E-state index in [0.717, 1.165) is 22.3 Å². The van der Waals surface area contributed by atoms with Gasteiger partial charge in [0.1, 0.15) is 5.56 Å². The Bertz CT molecular complexity index is 1410. The SMILES string of the molecule is Cc1cc(-c2ccn3nc(N)c(C(=O)N[C@H]4CC[C@](C)(O)CC4)c3n2)cc2c1C(=O)N(C(C)C1CC1)C2. The molecule has 1 atom stereocenters. The summed E-state index contributed by atoms with van der Waals surface area (Å²) in [6, 6.07) is 6.12. The Kier molecular flexibility index (Phi) is 5.52. The maximum atomic E-state index is 13.2. The lowest BCUT2D eigenvalue weighted by Gasteiger charge is -2.33. The molecule has 0 spiro atoms. The molecule has 0 bridgehead atoms. The number of amides is 2. The Morgan fingerprint density at radius 3 is 2.68 bits per heavy atom. The molecule has 0 radical (unpaired) electrons. The average molecular weight is 503 g/mol. The number of aromatic nitrogens is 3. The molecule has 9 heteroatoms. The number of carbonyl (C=O) groups is 2. The summed E-state index contributed by atoms with van der Waals surface area (Å²) in [6.07, 6.45) is 6.85. The summed E-state index contributed by atoms with van der Waals surface area (Å²) in [6.45, 7) is 6.58. The summed E-state index contributed by atoms with van der Waals surface area (Å²) in [7, 11) is 0. The molecule has 6 rings (SSSR count). The lowest BCUT2D eigenvalue weighted by molar-refractivity contribution is 0.0140. The maximum absolute atomic E-state index is 13.2. The molecule has 2 aliphatic carbocycles. The van der Waals surface area contributed by atoms with E-state index in [-0.39, 0.29) is 35.3 Å². The van der Waals surface area contributed by atoms with Crippen molar-refractivity contribution in [3.05, 3.63) is 46.6 Å². The van der Waals surface area contributed by atoms with Gasteiger partial charge < -0.3 is 21.1 Å². The maximum Gasteiger partial charge on any atom is 0.259 e. The van der Waals surface area contributed by atoms with Crippen LogP contribution in [0, 0.1) is 12.8 Å². The molecule has 0 saturated heterocycles. The first-order valence-corrected chi connectivity index (χ1v) is 13.2. The van der Waals surface area contributed by atoms with Crippen LogP contribution in [0.3, 0.4) is 0 Å². The van der Waals surface area contributed by atoms with Crippen molar-refractivity contribution in [3.63, 3.8) is 0 Å². The molecule has 2 fully saturated rings. The minimum atomic E-state index is -0.674. The monoisotopic (exact) mass is 502 g/mol. The standard InChI is InChI=1S/C28H34N6O3/c1-15-12-18(13-19-14-33(27(36)22(15)19)16(2)17-4-5-17)21-8-11-34-25(31-21)23(24(29)32-34)26(35)30-20-6-9-28(3,37)10-7-20/h8,11-13,16-17,20,37H,4-7,9-10,14H2,1-3H3,(H2,29,32)(H,30,35)/t16?,20-,28-. The Labute approximate surface area is 216 Å². The summed E-state index contributed by atoms with van der Waals surface area (Å²) in [5.41, 5.74) is 10.5. The van der Waals surface area contributed by atoms with Crippen molar-refractivity contribution in [1.29, 1.82) is 0 Å². The Morgan fingerprint density at radius 2 is 1.97 bits per heavy atom. The minimum absolute atomic E-state index is 0.0249. The van der Waals surface area contributed by atoms with Crippen LogP contribution in [-0.2, 0) is 6.54 Å². The summed E-state index contributed by atoms with van der Waals surface area (Å²) >= 11 is 0. The van der Waals surface area contributed by atoms with Gasteiger partial charge in [-0.05, 0) is 94.5 Å². The number of hydrogen-bond acceptors (Lipinski definition) is 6. The number of benzene rings is 1. The molecular weight excluding hydrogens is 468 g/mol. The molecule has 1 aromatic carbocycles. The first kappa shape index (κ1) is 23.9. The molecule has 2 saturated carbocycles. The van der Waals surface area contributed by atoms with Crippen molar-refractivity contribution >= 4 is 23.3 Å². The highest BCUT2D eigenvalue weighted by Gasteiger charge is 2.39. The van der Waals surface area contributed by atoms with Crippen molar-refractivity contribution in [3.8, 4) is 11.3 Å². The Balaban J connectivity index is 1.30. The second-order valence-corrected chi connectivity index (χ2v) is 11.4. The Hall–Kier alpha value is -3.46. The van der Waals surface area contributed by atoms with E-state index in [4.69, 9.17) is 10.7 Å². The molecule has 3 heterocycles. The number of nitrogens with two attached hydrogens (primary N) is 1. The van der Waals surface area contributed by atoms with Gasteiger partial charge in [0.2, 0.25) is 0 Å². The first-order valence-electron chi connectivity index (χ1n) is 13.2. The average Bonchev–Trinajstić information content (AvgIpc) is 3.57. The molecule has 4 N–H and O–H groups in total. The highest BCUT2D eigenvalue weighted by Crippen LogP contribution is 2.40. The van der Waals surface area contributed by atoms with Gasteiger partial charge >= 0.3 is 0 Å². The minimum Gasteiger partial charge on any atom is -0.390 e. The van der Waals surface area contributed by atoms with E-state index in [0.29, 0.717) is 49.5 Å². The van der Waals surface area contributed by atoms with Crippen molar-refractivity contribution in [1.82, 2.24) is 24.8 Å². The van der Waals surface area contributed by atoms with Crippen LogP contribution in [0.1, 0.15) is 84.2 Å². The number of aliphatic hydroxyl groups is 1. The lowest BCUT2D eigenvalue weighted by Crippen LogP contribution is -2.42. The van der Waals surface area contributed by atoms with Crippen molar-refractivity contribution in [2.75, 3.05) is 5.73 Å². The molecule has 9 nitrogen and oxygen atoms in total. The van der Waals surface area contributed by atoms with Crippen LogP contribution < -0.4 is 11.1 Å². The van der Waals surface area contributed by atoms with Crippen molar-refractivity contribution < 1.29 is 14.7 Å². The number of rotatable bonds is 5. The fraction of sp³-hybridized carbons (Fsp3) is 0.500. The first-order chi connectivity index (χ1) is 17.6. The van der Waals surface area contributed by atoms with E-state index in [1.165, 1.54) is 17.4 Å². The Morgan fingerprint density at radius 1 is 1.24 bits per heavy atom. The van der Waals surface area contributed by atoms with Gasteiger partial charge in [-0.15, -0.1) is 5.10 Å². The van der Waals surface area contributed by atoms with E-state index < -0.39 is 5.60 Å². The van der Waals surface area contributed by atoms with E-state index in [1.54, 1.807) is 6.20 Å². The van der Waals surface area contributed by atoms with Crippen molar-refractivity contribution in [2.45, 2.75) is 83.5 Å². The van der Waals surface area contributed by atoms with Gasteiger partial charge in [0, 0.05) is 36.0 Å². The molecule has 37 heavy (non-hydrogen) atoms. The third-order valence-electron chi connectivity index (χ3n) is 8.46. The second kappa shape index (κ2) is 8.55. The third kappa shape index (κ3) is 4.25. The molecule has 1 aliphatic heterocycles. The van der Waals surface area contributed by atoms with Crippen LogP contribution in [0.15, 0.2) is 24.4 Å². The van der Waals surface area contributed by atoms with Gasteiger partial charge in [-0.2, -0.15) is 0 Å². The van der Waals surface area contributed by atoms with Crippen LogP contribution in [-0.4, -0.2) is 54.1 Å². The van der Waals surface area contributed by atoms with Gasteiger partial charge in [-0.3, -0.25) is 9.59 Å². The van der Waals surface area contributed by atoms with Crippen molar-refractivity contribution in [2.24, 2.45) is 5.92 Å². The lowest BCUT2D eigenvalue weighted by atomic mass is 9.83. The van der Waals surface area contributed by atoms with E-state index in [1.807, 2.05) is 36.9 Å². The molecule has 2 amide bonds. The second-order valence-electron chi connectivity index (χ2n) is 11.4. The number of fused-ring (bicyclic) bond motifs is 2. The van der Waals surface area contributed by atoms with Gasteiger partial charge in [0.05, 0.1) is 11.3 Å². The number of aryl methyl sites for hydroxylation is 1. The molecule has 3 aliphatic rings. The largest absolute Gasteiger partial charge is 0.390 e. The normalized spacial score (nSPS) is 24.4. The predicted octanol–water partition coefficient (Wildman–Crippen LogP) is 3.46. The zero-order chi connectivity index (χ0) is 26.1. The van der Waals surface area contributed by atoms with Crippen LogP contribution in [0.5, 0.6) is 0 Å². The number of anilines is 1. The highest BCUT2D eigenvalue weighted by molar-refractivity contribution is 6.04. The molecule has 194 valence electrons. The van der Waals surface area contributed by atoms with E-state index >= 15 is 0 Å². The smallest absolute Gasteiger partial charge is 0.259 e.